The third-order valence-electron chi connectivity index (χ3n) is 1.74. The van der Waals surface area contributed by atoms with E-state index in [0.29, 0.717) is 0 Å². The first-order valence-electron chi connectivity index (χ1n) is 4.28. The summed E-state index contributed by atoms with van der Waals surface area (Å²) in [4.78, 5) is 10.5. The smallest absolute Gasteiger partial charge is 0.337 e. The van der Waals surface area contributed by atoms with E-state index in [9.17, 15) is 18.3 Å². The van der Waals surface area contributed by atoms with Crippen LogP contribution in [0.15, 0.2) is 24.3 Å². The Morgan fingerprint density at radius 2 is 2.06 bits per heavy atom. The molecule has 1 aromatic carbocycles. The molecule has 0 saturated heterocycles. The molecule has 0 aliphatic carbocycles. The van der Waals surface area contributed by atoms with Crippen molar-refractivity contribution in [2.75, 3.05) is 11.0 Å². The first-order valence-corrected chi connectivity index (χ1v) is 6.17. The molecule has 0 radical (unpaired) electrons. The molecule has 0 fully saturated rings. The molecule has 16 heavy (non-hydrogen) atoms. The Bertz CT molecular complexity index is 496. The summed E-state index contributed by atoms with van der Waals surface area (Å²) in [5.74, 6) is -1.39. The van der Waals surface area contributed by atoms with Gasteiger partial charge in [0, 0.05) is 5.69 Å². The van der Waals surface area contributed by atoms with Crippen molar-refractivity contribution in [3.8, 4) is 0 Å². The van der Waals surface area contributed by atoms with Crippen molar-refractivity contribution in [1.29, 1.82) is 0 Å². The van der Waals surface area contributed by atoms with Gasteiger partial charge in [0.05, 0.1) is 6.26 Å². The fourth-order valence-electron chi connectivity index (χ4n) is 1.13. The molecule has 0 saturated carbocycles. The number of carbonyl (C=O) groups is 1. The van der Waals surface area contributed by atoms with Crippen LogP contribution in [0.3, 0.4) is 0 Å². The standard InChI is InChI=1S/C9H11NO5S/c1-16(14,15)10-7-4-2-3-6(5-7)8(11)9(12)13/h2-5,8,10-11H,1H3,(H,12,13). The molecular formula is C9H11NO5S. The molecule has 6 nitrogen and oxygen atoms in total. The summed E-state index contributed by atoms with van der Waals surface area (Å²) < 4.78 is 24.0. The van der Waals surface area contributed by atoms with Gasteiger partial charge < -0.3 is 10.2 Å². The lowest BCUT2D eigenvalue weighted by molar-refractivity contribution is -0.146. The highest BCUT2D eigenvalue weighted by atomic mass is 32.2. The van der Waals surface area contributed by atoms with Crippen LogP contribution in [-0.4, -0.2) is 30.9 Å². The Kier molecular flexibility index (Phi) is 3.51. The molecule has 0 aromatic heterocycles. The lowest BCUT2D eigenvalue weighted by Gasteiger charge is -2.08. The Balaban J connectivity index is 3.00. The molecule has 3 N–H and O–H groups in total. The molecule has 1 rings (SSSR count). The maximum absolute atomic E-state index is 10.9. The molecule has 88 valence electrons. The molecule has 0 amide bonds. The Hall–Kier alpha value is -1.60. The molecule has 0 aliphatic rings. The summed E-state index contributed by atoms with van der Waals surface area (Å²) >= 11 is 0. The molecule has 1 unspecified atom stereocenters. The monoisotopic (exact) mass is 245 g/mol. The molecule has 1 aromatic rings. The third kappa shape index (κ3) is 3.52. The summed E-state index contributed by atoms with van der Waals surface area (Å²) in [6.45, 7) is 0. The molecule has 0 heterocycles. The van der Waals surface area contributed by atoms with Crippen molar-refractivity contribution in [1.82, 2.24) is 0 Å². The van der Waals surface area contributed by atoms with Crippen LogP contribution in [0.1, 0.15) is 11.7 Å². The van der Waals surface area contributed by atoms with E-state index in [0.717, 1.165) is 6.26 Å². The maximum atomic E-state index is 10.9. The molecular weight excluding hydrogens is 234 g/mol. The van der Waals surface area contributed by atoms with Gasteiger partial charge in [0.1, 0.15) is 0 Å². The van der Waals surface area contributed by atoms with Crippen LogP contribution in [-0.2, 0) is 14.8 Å². The summed E-state index contributed by atoms with van der Waals surface area (Å²) in [5.41, 5.74) is 0.321. The fraction of sp³-hybridized carbons (Fsp3) is 0.222. The zero-order valence-corrected chi connectivity index (χ0v) is 9.23. The minimum Gasteiger partial charge on any atom is -0.479 e. The lowest BCUT2D eigenvalue weighted by atomic mass is 10.1. The molecule has 7 heteroatoms. The van der Waals surface area contributed by atoms with Gasteiger partial charge in [-0.3, -0.25) is 4.72 Å². The highest BCUT2D eigenvalue weighted by Gasteiger charge is 2.16. The number of rotatable bonds is 4. The minimum absolute atomic E-state index is 0.112. The highest BCUT2D eigenvalue weighted by Crippen LogP contribution is 2.18. The number of nitrogens with one attached hydrogen (secondary N) is 1. The van der Waals surface area contributed by atoms with Crippen LogP contribution in [0.4, 0.5) is 5.69 Å². The third-order valence-corrected chi connectivity index (χ3v) is 2.35. The SMILES string of the molecule is CS(=O)(=O)Nc1cccc(C(O)C(=O)O)c1. The largest absolute Gasteiger partial charge is 0.479 e. The van der Waals surface area contributed by atoms with Gasteiger partial charge in [0.25, 0.3) is 0 Å². The van der Waals surface area contributed by atoms with Crippen LogP contribution in [0.5, 0.6) is 0 Å². The second kappa shape index (κ2) is 4.50. The van der Waals surface area contributed by atoms with Gasteiger partial charge in [-0.25, -0.2) is 13.2 Å². The molecule has 0 bridgehead atoms. The van der Waals surface area contributed by atoms with Crippen molar-refractivity contribution in [3.63, 3.8) is 0 Å². The number of aliphatic hydroxyl groups is 1. The van der Waals surface area contributed by atoms with E-state index in [1.165, 1.54) is 24.3 Å². The van der Waals surface area contributed by atoms with E-state index < -0.39 is 22.1 Å². The number of carboxylic acids is 1. The van der Waals surface area contributed by atoms with Crippen molar-refractivity contribution in [3.05, 3.63) is 29.8 Å². The van der Waals surface area contributed by atoms with Crippen molar-refractivity contribution in [2.45, 2.75) is 6.10 Å². The lowest BCUT2D eigenvalue weighted by Crippen LogP contribution is -2.12. The number of benzene rings is 1. The van der Waals surface area contributed by atoms with Crippen molar-refractivity contribution in [2.24, 2.45) is 0 Å². The average molecular weight is 245 g/mol. The van der Waals surface area contributed by atoms with Gasteiger partial charge in [-0.05, 0) is 17.7 Å². The van der Waals surface area contributed by atoms with E-state index in [-0.39, 0.29) is 11.3 Å². The zero-order valence-electron chi connectivity index (χ0n) is 8.41. The van der Waals surface area contributed by atoms with Gasteiger partial charge in [-0.15, -0.1) is 0 Å². The predicted octanol–water partition coefficient (Wildman–Crippen LogP) is 0.176. The quantitative estimate of drug-likeness (QED) is 0.701. The van der Waals surface area contributed by atoms with E-state index in [1.54, 1.807) is 0 Å². The second-order valence-electron chi connectivity index (χ2n) is 3.24. The predicted molar refractivity (Wildman–Crippen MR) is 57.5 cm³/mol. The first-order chi connectivity index (χ1) is 7.29. The number of carboxylic acid groups (broad SMARTS) is 1. The topological polar surface area (TPSA) is 104 Å². The van der Waals surface area contributed by atoms with E-state index in [1.807, 2.05) is 0 Å². The molecule has 0 aliphatic heterocycles. The Morgan fingerprint density at radius 3 is 2.56 bits per heavy atom. The normalized spacial score (nSPS) is 13.1. The average Bonchev–Trinajstić information content (AvgIpc) is 2.14. The van der Waals surface area contributed by atoms with Gasteiger partial charge in [0.2, 0.25) is 10.0 Å². The molecule has 1 atom stereocenters. The summed E-state index contributed by atoms with van der Waals surface area (Å²) in [6.07, 6.45) is -0.686. The van der Waals surface area contributed by atoms with E-state index in [4.69, 9.17) is 5.11 Å². The van der Waals surface area contributed by atoms with Crippen LogP contribution in [0.2, 0.25) is 0 Å². The van der Waals surface area contributed by atoms with Gasteiger partial charge in [-0.1, -0.05) is 12.1 Å². The number of hydrogen-bond donors (Lipinski definition) is 3. The number of sulfonamides is 1. The molecule has 0 spiro atoms. The second-order valence-corrected chi connectivity index (χ2v) is 4.99. The highest BCUT2D eigenvalue weighted by molar-refractivity contribution is 7.92. The van der Waals surface area contributed by atoms with Crippen molar-refractivity contribution < 1.29 is 23.4 Å². The number of aliphatic carboxylic acids is 1. The van der Waals surface area contributed by atoms with Crippen LogP contribution >= 0.6 is 0 Å². The number of anilines is 1. The Morgan fingerprint density at radius 1 is 1.44 bits per heavy atom. The van der Waals surface area contributed by atoms with Gasteiger partial charge in [0.15, 0.2) is 6.10 Å². The van der Waals surface area contributed by atoms with Crippen LogP contribution in [0, 0.1) is 0 Å². The van der Waals surface area contributed by atoms with Gasteiger partial charge in [-0.2, -0.15) is 0 Å². The van der Waals surface area contributed by atoms with Gasteiger partial charge >= 0.3 is 5.97 Å². The van der Waals surface area contributed by atoms with E-state index >= 15 is 0 Å². The summed E-state index contributed by atoms with van der Waals surface area (Å²) in [7, 11) is -3.42. The fourth-order valence-corrected chi connectivity index (χ4v) is 1.68. The summed E-state index contributed by atoms with van der Waals surface area (Å²) in [6, 6.07) is 5.57. The minimum atomic E-state index is -3.42. The Labute approximate surface area is 92.6 Å². The summed E-state index contributed by atoms with van der Waals surface area (Å²) in [5, 5.41) is 17.8. The zero-order chi connectivity index (χ0) is 12.3. The first kappa shape index (κ1) is 12.5. The van der Waals surface area contributed by atoms with Crippen molar-refractivity contribution >= 4 is 21.7 Å². The van der Waals surface area contributed by atoms with E-state index in [2.05, 4.69) is 4.72 Å². The maximum Gasteiger partial charge on any atom is 0.337 e. The van der Waals surface area contributed by atoms with Crippen LogP contribution < -0.4 is 4.72 Å². The number of hydrogen-bond acceptors (Lipinski definition) is 4. The van der Waals surface area contributed by atoms with Crippen LogP contribution in [0.25, 0.3) is 0 Å². The number of aliphatic hydroxyl groups excluding tert-OH is 1.